The lowest BCUT2D eigenvalue weighted by atomic mass is 10.0. The normalized spacial score (nSPS) is 10.4. The van der Waals surface area contributed by atoms with Crippen LogP contribution in [-0.2, 0) is 6.42 Å². The Morgan fingerprint density at radius 3 is 2.32 bits per heavy atom. The third kappa shape index (κ3) is 2.47. The molecule has 0 atom stereocenters. The summed E-state index contributed by atoms with van der Waals surface area (Å²) in [4.78, 5) is 28.6. The van der Waals surface area contributed by atoms with Crippen molar-refractivity contribution in [1.82, 2.24) is 9.97 Å². The van der Waals surface area contributed by atoms with Gasteiger partial charge in [0.2, 0.25) is 5.78 Å². The van der Waals surface area contributed by atoms with Crippen LogP contribution in [0.4, 0.5) is 0 Å². The van der Waals surface area contributed by atoms with Gasteiger partial charge in [0.05, 0.1) is 0 Å². The van der Waals surface area contributed by atoms with Gasteiger partial charge in [0.25, 0.3) is 0 Å². The molecule has 6 heteroatoms. The predicted octanol–water partition coefficient (Wildman–Crippen LogP) is 0.780. The number of aromatic nitrogens is 2. The van der Waals surface area contributed by atoms with Gasteiger partial charge in [-0.05, 0) is 6.42 Å². The molecule has 1 aromatic heterocycles. The second-order valence-corrected chi connectivity index (χ2v) is 4.11. The summed E-state index contributed by atoms with van der Waals surface area (Å²) >= 11 is 0. The minimum atomic E-state index is -0.388. The zero-order chi connectivity index (χ0) is 14.0. The summed E-state index contributed by atoms with van der Waals surface area (Å²) in [5, 5.41) is 7.28. The molecule has 1 heterocycles. The Labute approximate surface area is 109 Å². The fraction of sp³-hybridized carbons (Fsp3) is 0.154. The van der Waals surface area contributed by atoms with E-state index in [1.165, 1.54) is 0 Å². The fourth-order valence-electron chi connectivity index (χ4n) is 1.82. The Kier molecular flexibility index (Phi) is 3.33. The van der Waals surface area contributed by atoms with E-state index in [0.29, 0.717) is 23.2 Å². The van der Waals surface area contributed by atoms with Crippen LogP contribution < -0.4 is 11.4 Å². The minimum absolute atomic E-state index is 0.0525. The number of hydrogen-bond donors (Lipinski definition) is 4. The number of imidazole rings is 1. The number of ketones is 1. The lowest BCUT2D eigenvalue weighted by Crippen LogP contribution is -2.12. The lowest BCUT2D eigenvalue weighted by Gasteiger charge is -2.02. The maximum absolute atomic E-state index is 12.2. The molecule has 19 heavy (non-hydrogen) atoms. The molecule has 2 rings (SSSR count). The van der Waals surface area contributed by atoms with Crippen molar-refractivity contribution in [1.29, 1.82) is 5.41 Å². The minimum Gasteiger partial charge on any atom is -0.384 e. The van der Waals surface area contributed by atoms with E-state index in [-0.39, 0.29) is 23.0 Å². The third-order valence-electron chi connectivity index (χ3n) is 2.84. The van der Waals surface area contributed by atoms with Gasteiger partial charge in [-0.2, -0.15) is 0 Å². The molecule has 2 aromatic rings. The molecule has 0 fully saturated rings. The molecule has 0 amide bonds. The number of nitrogen functional groups attached to an aromatic ring is 1. The molecule has 1 aromatic carbocycles. The summed E-state index contributed by atoms with van der Waals surface area (Å²) in [6.45, 7) is 1.86. The van der Waals surface area contributed by atoms with Crippen molar-refractivity contribution in [2.24, 2.45) is 5.73 Å². The molecule has 98 valence electrons. The average molecular weight is 258 g/mol. The summed E-state index contributed by atoms with van der Waals surface area (Å²) in [6, 6.07) is 6.38. The Balaban J connectivity index is 2.38. The molecule has 0 aliphatic rings. The number of rotatable bonds is 4. The van der Waals surface area contributed by atoms with Crippen molar-refractivity contribution in [2.45, 2.75) is 13.3 Å². The van der Waals surface area contributed by atoms with Gasteiger partial charge in [-0.3, -0.25) is 10.2 Å². The molecular weight excluding hydrogens is 244 g/mol. The lowest BCUT2D eigenvalue weighted by molar-refractivity contribution is 0.103. The van der Waals surface area contributed by atoms with Crippen molar-refractivity contribution in [2.75, 3.05) is 0 Å². The number of carbonyl (C=O) groups excluding carboxylic acids is 1. The van der Waals surface area contributed by atoms with Crippen LogP contribution in [-0.4, -0.2) is 21.6 Å². The molecule has 0 saturated carbocycles. The number of nitrogens with two attached hydrogens (primary N) is 1. The molecule has 0 radical (unpaired) electrons. The molecule has 0 saturated heterocycles. The second-order valence-electron chi connectivity index (χ2n) is 4.11. The number of aromatic amines is 2. The summed E-state index contributed by atoms with van der Waals surface area (Å²) in [7, 11) is 0. The monoisotopic (exact) mass is 258 g/mol. The summed E-state index contributed by atoms with van der Waals surface area (Å²) in [6.07, 6.45) is 0.561. The smallest absolute Gasteiger partial charge is 0.323 e. The molecule has 5 N–H and O–H groups in total. The van der Waals surface area contributed by atoms with Crippen molar-refractivity contribution in [3.8, 4) is 0 Å². The van der Waals surface area contributed by atoms with Gasteiger partial charge in [0.1, 0.15) is 11.5 Å². The number of aryl methyl sites for hydroxylation is 1. The molecule has 6 nitrogen and oxygen atoms in total. The van der Waals surface area contributed by atoms with E-state index in [1.807, 2.05) is 6.92 Å². The van der Waals surface area contributed by atoms with Crippen LogP contribution in [0.5, 0.6) is 0 Å². The van der Waals surface area contributed by atoms with E-state index in [0.717, 1.165) is 0 Å². The Bertz CT molecular complexity index is 679. The largest absolute Gasteiger partial charge is 0.384 e. The fourth-order valence-corrected chi connectivity index (χ4v) is 1.82. The number of nitrogens with one attached hydrogen (secondary N) is 3. The highest BCUT2D eigenvalue weighted by atomic mass is 16.1. The van der Waals surface area contributed by atoms with Crippen LogP contribution in [0, 0.1) is 5.41 Å². The van der Waals surface area contributed by atoms with Crippen molar-refractivity contribution in [3.05, 3.63) is 57.3 Å². The van der Waals surface area contributed by atoms with Crippen molar-refractivity contribution >= 4 is 11.6 Å². The van der Waals surface area contributed by atoms with E-state index < -0.39 is 0 Å². The summed E-state index contributed by atoms with van der Waals surface area (Å²) < 4.78 is 0. The molecule has 0 unspecified atom stereocenters. The van der Waals surface area contributed by atoms with Crippen LogP contribution in [0.25, 0.3) is 0 Å². The van der Waals surface area contributed by atoms with Gasteiger partial charge >= 0.3 is 5.69 Å². The van der Waals surface area contributed by atoms with Crippen molar-refractivity contribution < 1.29 is 4.79 Å². The topological polar surface area (TPSA) is 116 Å². The van der Waals surface area contributed by atoms with Gasteiger partial charge in [0, 0.05) is 16.8 Å². The van der Waals surface area contributed by atoms with Gasteiger partial charge in [-0.25, -0.2) is 4.79 Å². The van der Waals surface area contributed by atoms with Crippen LogP contribution in [0.15, 0.2) is 29.1 Å². The van der Waals surface area contributed by atoms with Crippen LogP contribution in [0.3, 0.4) is 0 Å². The summed E-state index contributed by atoms with van der Waals surface area (Å²) in [5.41, 5.74) is 6.82. The number of amidine groups is 1. The van der Waals surface area contributed by atoms with Gasteiger partial charge in [-0.1, -0.05) is 31.2 Å². The van der Waals surface area contributed by atoms with E-state index >= 15 is 0 Å². The number of benzene rings is 1. The van der Waals surface area contributed by atoms with E-state index in [4.69, 9.17) is 11.1 Å². The molecule has 0 aliphatic heterocycles. The molecule has 0 bridgehead atoms. The highest BCUT2D eigenvalue weighted by molar-refractivity contribution is 6.08. The van der Waals surface area contributed by atoms with Gasteiger partial charge in [0.15, 0.2) is 0 Å². The van der Waals surface area contributed by atoms with Crippen LogP contribution >= 0.6 is 0 Å². The number of H-pyrrole nitrogens is 2. The first-order valence-corrected chi connectivity index (χ1v) is 5.83. The summed E-state index contributed by atoms with van der Waals surface area (Å²) in [5.74, 6) is -0.311. The van der Waals surface area contributed by atoms with Gasteiger partial charge in [-0.15, -0.1) is 0 Å². The zero-order valence-electron chi connectivity index (χ0n) is 10.4. The maximum Gasteiger partial charge on any atom is 0.323 e. The van der Waals surface area contributed by atoms with Crippen molar-refractivity contribution in [3.63, 3.8) is 0 Å². The average Bonchev–Trinajstić information content (AvgIpc) is 2.79. The highest BCUT2D eigenvalue weighted by Crippen LogP contribution is 2.11. The first-order chi connectivity index (χ1) is 9.02. The molecular formula is C13H14N4O2. The number of hydrogen-bond acceptors (Lipinski definition) is 3. The van der Waals surface area contributed by atoms with E-state index in [2.05, 4.69) is 9.97 Å². The van der Waals surface area contributed by atoms with Crippen LogP contribution in [0.1, 0.15) is 34.2 Å². The van der Waals surface area contributed by atoms with E-state index in [1.54, 1.807) is 24.3 Å². The van der Waals surface area contributed by atoms with Gasteiger partial charge < -0.3 is 15.7 Å². The standard InChI is InChI=1S/C13H14N4O2/c1-2-9-10(17-13(19)16-9)11(18)7-3-5-8(6-4-7)12(14)15/h3-6H,2H2,1H3,(H3,14,15)(H2,16,17,19). The molecule has 0 aliphatic carbocycles. The highest BCUT2D eigenvalue weighted by Gasteiger charge is 2.16. The first-order valence-electron chi connectivity index (χ1n) is 5.83. The third-order valence-corrected chi connectivity index (χ3v) is 2.84. The Morgan fingerprint density at radius 1 is 1.21 bits per heavy atom. The van der Waals surface area contributed by atoms with E-state index in [9.17, 15) is 9.59 Å². The second kappa shape index (κ2) is 4.93. The number of carbonyl (C=O) groups is 1. The van der Waals surface area contributed by atoms with Crippen LogP contribution in [0.2, 0.25) is 0 Å². The Morgan fingerprint density at radius 2 is 1.79 bits per heavy atom. The SMILES string of the molecule is CCc1[nH]c(=O)[nH]c1C(=O)c1ccc(C(=N)N)cc1. The first kappa shape index (κ1) is 12.8. The predicted molar refractivity (Wildman–Crippen MR) is 71.7 cm³/mol. The quantitative estimate of drug-likeness (QED) is 0.369. The maximum atomic E-state index is 12.2. The zero-order valence-corrected chi connectivity index (χ0v) is 10.4. The molecule has 0 spiro atoms. The Hall–Kier alpha value is -2.63.